The van der Waals surface area contributed by atoms with Gasteiger partial charge in [-0.1, -0.05) is 0 Å². The summed E-state index contributed by atoms with van der Waals surface area (Å²) in [6, 6.07) is 2.45. The number of hydrogen-bond donors (Lipinski definition) is 1. The quantitative estimate of drug-likeness (QED) is 0.813. The third-order valence-corrected chi connectivity index (χ3v) is 6.06. The fourth-order valence-corrected chi connectivity index (χ4v) is 5.75. The lowest BCUT2D eigenvalue weighted by atomic mass is 9.53. The SMILES string of the molecule is N#CC1=C(NC23CC4CC(CC(C4)C2)C3)CCCC1. The first-order valence-electron chi connectivity index (χ1n) is 8.17. The Morgan fingerprint density at radius 2 is 1.53 bits per heavy atom. The van der Waals surface area contributed by atoms with E-state index in [0.717, 1.165) is 36.2 Å². The van der Waals surface area contributed by atoms with Gasteiger partial charge >= 0.3 is 0 Å². The second kappa shape index (κ2) is 4.27. The maximum Gasteiger partial charge on any atom is 0.0965 e. The molecule has 5 aliphatic rings. The number of nitriles is 1. The van der Waals surface area contributed by atoms with Crippen molar-refractivity contribution in [1.82, 2.24) is 5.32 Å². The summed E-state index contributed by atoms with van der Waals surface area (Å²) in [4.78, 5) is 0. The molecule has 0 saturated heterocycles. The number of nitrogens with one attached hydrogen (secondary N) is 1. The normalized spacial score (nSPS) is 44.3. The molecule has 4 fully saturated rings. The average molecular weight is 256 g/mol. The summed E-state index contributed by atoms with van der Waals surface area (Å²) in [7, 11) is 0. The lowest BCUT2D eigenvalue weighted by Gasteiger charge is -2.57. The van der Waals surface area contributed by atoms with Crippen LogP contribution in [0.2, 0.25) is 0 Å². The molecule has 0 heterocycles. The molecule has 0 spiro atoms. The minimum Gasteiger partial charge on any atom is -0.382 e. The summed E-state index contributed by atoms with van der Waals surface area (Å²) in [5.41, 5.74) is 2.75. The molecule has 2 nitrogen and oxygen atoms in total. The van der Waals surface area contributed by atoms with Crippen molar-refractivity contribution in [3.05, 3.63) is 11.3 Å². The third kappa shape index (κ3) is 1.98. The molecule has 0 aliphatic heterocycles. The smallest absolute Gasteiger partial charge is 0.0965 e. The zero-order valence-electron chi connectivity index (χ0n) is 11.8. The van der Waals surface area contributed by atoms with E-state index in [1.165, 1.54) is 57.1 Å². The molecule has 0 radical (unpaired) electrons. The Kier molecular flexibility index (Phi) is 2.65. The third-order valence-electron chi connectivity index (χ3n) is 6.06. The molecule has 0 unspecified atom stereocenters. The largest absolute Gasteiger partial charge is 0.382 e. The fraction of sp³-hybridized carbons (Fsp3) is 0.824. The highest BCUT2D eigenvalue weighted by atomic mass is 15.0. The van der Waals surface area contributed by atoms with E-state index in [1.54, 1.807) is 0 Å². The lowest BCUT2D eigenvalue weighted by Crippen LogP contribution is -2.58. The van der Waals surface area contributed by atoms with E-state index < -0.39 is 0 Å². The maximum atomic E-state index is 9.33. The first kappa shape index (κ1) is 11.8. The van der Waals surface area contributed by atoms with Gasteiger partial charge in [-0.15, -0.1) is 0 Å². The lowest BCUT2D eigenvalue weighted by molar-refractivity contribution is -0.0154. The predicted molar refractivity (Wildman–Crippen MR) is 75.1 cm³/mol. The van der Waals surface area contributed by atoms with Crippen molar-refractivity contribution < 1.29 is 0 Å². The van der Waals surface area contributed by atoms with Crippen LogP contribution in [-0.2, 0) is 0 Å². The van der Waals surface area contributed by atoms with Gasteiger partial charge in [0.25, 0.3) is 0 Å². The highest BCUT2D eigenvalue weighted by Crippen LogP contribution is 2.56. The Bertz CT molecular complexity index is 419. The van der Waals surface area contributed by atoms with E-state index in [1.807, 2.05) is 0 Å². The summed E-state index contributed by atoms with van der Waals surface area (Å²) in [6.45, 7) is 0. The van der Waals surface area contributed by atoms with Gasteiger partial charge in [0.15, 0.2) is 0 Å². The summed E-state index contributed by atoms with van der Waals surface area (Å²) >= 11 is 0. The highest BCUT2D eigenvalue weighted by Gasteiger charge is 2.51. The maximum absolute atomic E-state index is 9.33. The molecule has 0 aromatic rings. The second-order valence-corrected chi connectivity index (χ2v) is 7.60. The van der Waals surface area contributed by atoms with Crippen LogP contribution in [0.3, 0.4) is 0 Å². The van der Waals surface area contributed by atoms with Gasteiger partial charge < -0.3 is 5.32 Å². The Labute approximate surface area is 116 Å². The van der Waals surface area contributed by atoms with Gasteiger partial charge in [0.2, 0.25) is 0 Å². The Morgan fingerprint density at radius 3 is 2.11 bits per heavy atom. The van der Waals surface area contributed by atoms with E-state index in [2.05, 4.69) is 11.4 Å². The molecule has 0 aromatic heterocycles. The number of nitrogens with zero attached hydrogens (tertiary/aromatic N) is 1. The van der Waals surface area contributed by atoms with Crippen molar-refractivity contribution in [2.75, 3.05) is 0 Å². The van der Waals surface area contributed by atoms with Gasteiger partial charge in [-0.05, 0) is 82.0 Å². The molecule has 4 bridgehead atoms. The average Bonchev–Trinajstić information content (AvgIpc) is 2.37. The van der Waals surface area contributed by atoms with Crippen LogP contribution >= 0.6 is 0 Å². The summed E-state index contributed by atoms with van der Waals surface area (Å²) in [5.74, 6) is 2.94. The van der Waals surface area contributed by atoms with Gasteiger partial charge in [0, 0.05) is 16.8 Å². The van der Waals surface area contributed by atoms with Gasteiger partial charge in [0.1, 0.15) is 0 Å². The van der Waals surface area contributed by atoms with E-state index in [-0.39, 0.29) is 0 Å². The predicted octanol–water partition coefficient (Wildman–Crippen LogP) is 3.90. The Hall–Kier alpha value is -0.970. The molecular weight excluding hydrogens is 232 g/mol. The van der Waals surface area contributed by atoms with Crippen molar-refractivity contribution in [2.45, 2.75) is 69.7 Å². The number of rotatable bonds is 2. The number of allylic oxidation sites excluding steroid dienone is 2. The molecule has 102 valence electrons. The van der Waals surface area contributed by atoms with Crippen LogP contribution in [0.25, 0.3) is 0 Å². The van der Waals surface area contributed by atoms with E-state index in [0.29, 0.717) is 5.54 Å². The highest BCUT2D eigenvalue weighted by molar-refractivity contribution is 5.30. The summed E-state index contributed by atoms with van der Waals surface area (Å²) < 4.78 is 0. The van der Waals surface area contributed by atoms with Crippen molar-refractivity contribution in [3.63, 3.8) is 0 Å². The first-order chi connectivity index (χ1) is 9.26. The summed E-state index contributed by atoms with van der Waals surface area (Å²) in [5, 5.41) is 13.2. The van der Waals surface area contributed by atoms with Crippen LogP contribution in [0.4, 0.5) is 0 Å². The van der Waals surface area contributed by atoms with Crippen LogP contribution in [-0.4, -0.2) is 5.54 Å². The molecule has 2 heteroatoms. The fourth-order valence-electron chi connectivity index (χ4n) is 5.75. The van der Waals surface area contributed by atoms with Gasteiger partial charge in [-0.3, -0.25) is 0 Å². The van der Waals surface area contributed by atoms with Crippen LogP contribution in [0.5, 0.6) is 0 Å². The summed E-state index contributed by atoms with van der Waals surface area (Å²) in [6.07, 6.45) is 13.2. The standard InChI is InChI=1S/C17H24N2/c18-11-15-3-1-2-4-16(15)19-17-8-12-5-13(9-17)7-14(6-12)10-17/h12-14,19H,1-10H2. The topological polar surface area (TPSA) is 35.8 Å². The van der Waals surface area contributed by atoms with Gasteiger partial charge in [-0.2, -0.15) is 5.26 Å². The molecule has 0 atom stereocenters. The zero-order valence-corrected chi connectivity index (χ0v) is 11.8. The Morgan fingerprint density at radius 1 is 0.947 bits per heavy atom. The van der Waals surface area contributed by atoms with Gasteiger partial charge in [-0.25, -0.2) is 0 Å². The molecule has 1 N–H and O–H groups in total. The molecule has 5 rings (SSSR count). The van der Waals surface area contributed by atoms with Crippen LogP contribution in [0, 0.1) is 29.1 Å². The van der Waals surface area contributed by atoms with E-state index >= 15 is 0 Å². The van der Waals surface area contributed by atoms with Gasteiger partial charge in [0.05, 0.1) is 6.07 Å². The van der Waals surface area contributed by atoms with E-state index in [4.69, 9.17) is 0 Å². The molecular formula is C17H24N2. The van der Waals surface area contributed by atoms with Crippen LogP contribution in [0.1, 0.15) is 64.2 Å². The van der Waals surface area contributed by atoms with Crippen LogP contribution in [0.15, 0.2) is 11.3 Å². The van der Waals surface area contributed by atoms with Crippen molar-refractivity contribution >= 4 is 0 Å². The first-order valence-corrected chi connectivity index (χ1v) is 8.17. The molecule has 0 amide bonds. The monoisotopic (exact) mass is 256 g/mol. The minimum atomic E-state index is 0.378. The van der Waals surface area contributed by atoms with Crippen molar-refractivity contribution in [2.24, 2.45) is 17.8 Å². The van der Waals surface area contributed by atoms with E-state index in [9.17, 15) is 5.26 Å². The molecule has 0 aromatic carbocycles. The number of hydrogen-bond acceptors (Lipinski definition) is 2. The second-order valence-electron chi connectivity index (χ2n) is 7.60. The van der Waals surface area contributed by atoms with Crippen LogP contribution < -0.4 is 5.32 Å². The minimum absolute atomic E-state index is 0.378. The van der Waals surface area contributed by atoms with Crippen molar-refractivity contribution in [1.29, 1.82) is 5.26 Å². The Balaban J connectivity index is 1.59. The molecule has 4 saturated carbocycles. The van der Waals surface area contributed by atoms with Crippen molar-refractivity contribution in [3.8, 4) is 6.07 Å². The molecule has 5 aliphatic carbocycles. The molecule has 19 heavy (non-hydrogen) atoms. The zero-order chi connectivity index (χ0) is 12.9.